The minimum Gasteiger partial charge on any atom is -0.483 e. The molecule has 0 bridgehead atoms. The molecular weight excluding hydrogens is 216 g/mol. The number of hydrogen-bond donors (Lipinski definition) is 0. The molecule has 0 saturated carbocycles. The predicted octanol–water partition coefficient (Wildman–Crippen LogP) is 2.91. The summed E-state index contributed by atoms with van der Waals surface area (Å²) >= 11 is 0. The highest BCUT2D eigenvalue weighted by molar-refractivity contribution is 5.31. The summed E-state index contributed by atoms with van der Waals surface area (Å²) < 4.78 is 10.7. The van der Waals surface area contributed by atoms with Crippen LogP contribution in [0.5, 0.6) is 5.75 Å². The number of benzene rings is 1. The van der Waals surface area contributed by atoms with Gasteiger partial charge in [-0.1, -0.05) is 30.3 Å². The maximum atomic E-state index is 5.62. The van der Waals surface area contributed by atoms with Crippen molar-refractivity contribution in [3.8, 4) is 5.75 Å². The molecule has 0 atom stereocenters. The Hall–Kier alpha value is -1.84. The summed E-state index contributed by atoms with van der Waals surface area (Å²) in [6.07, 6.45) is 1.85. The summed E-state index contributed by atoms with van der Waals surface area (Å²) in [5.41, 5.74) is 1.10. The normalized spacial score (nSPS) is 10.5. The van der Waals surface area contributed by atoms with E-state index in [0.717, 1.165) is 30.0 Å². The van der Waals surface area contributed by atoms with Crippen LogP contribution in [0.25, 0.3) is 0 Å². The highest BCUT2D eigenvalue weighted by Crippen LogP contribution is 2.17. The maximum absolute atomic E-state index is 5.62. The van der Waals surface area contributed by atoms with Gasteiger partial charge in [0.1, 0.15) is 5.75 Å². The van der Waals surface area contributed by atoms with Gasteiger partial charge in [0.2, 0.25) is 0 Å². The van der Waals surface area contributed by atoms with Crippen molar-refractivity contribution >= 4 is 0 Å². The molecule has 2 aromatic rings. The summed E-state index contributed by atoms with van der Waals surface area (Å²) in [7, 11) is 0. The lowest BCUT2D eigenvalue weighted by Gasteiger charge is -2.05. The van der Waals surface area contributed by atoms with Crippen molar-refractivity contribution in [3.63, 3.8) is 0 Å². The summed E-state index contributed by atoms with van der Waals surface area (Å²) in [5, 5.41) is 3.87. The molecule has 0 radical (unpaired) electrons. The highest BCUT2D eigenvalue weighted by atomic mass is 16.5. The molecule has 4 heteroatoms. The molecule has 1 aromatic heterocycles. The summed E-state index contributed by atoms with van der Waals surface area (Å²) in [6.45, 7) is 4.41. The van der Waals surface area contributed by atoms with Gasteiger partial charge < -0.3 is 9.26 Å². The number of aryl methyl sites for hydroxylation is 2. The van der Waals surface area contributed by atoms with Gasteiger partial charge in [-0.15, -0.1) is 0 Å². The first-order chi connectivity index (χ1) is 8.29. The second-order valence-electron chi connectivity index (χ2n) is 3.91. The van der Waals surface area contributed by atoms with E-state index in [1.54, 1.807) is 0 Å². The SMILES string of the molecule is CCCc1noc(COc2ccccc2C)n1. The van der Waals surface area contributed by atoms with E-state index in [1.165, 1.54) is 0 Å². The smallest absolute Gasteiger partial charge is 0.264 e. The molecule has 0 saturated heterocycles. The van der Waals surface area contributed by atoms with Gasteiger partial charge in [-0.25, -0.2) is 0 Å². The third-order valence-electron chi connectivity index (χ3n) is 2.43. The van der Waals surface area contributed by atoms with Gasteiger partial charge in [0.15, 0.2) is 12.4 Å². The molecule has 90 valence electrons. The third-order valence-corrected chi connectivity index (χ3v) is 2.43. The van der Waals surface area contributed by atoms with Crippen molar-refractivity contribution in [2.24, 2.45) is 0 Å². The number of hydrogen-bond acceptors (Lipinski definition) is 4. The number of para-hydroxylation sites is 1. The van der Waals surface area contributed by atoms with Crippen molar-refractivity contribution in [3.05, 3.63) is 41.5 Å². The van der Waals surface area contributed by atoms with Gasteiger partial charge in [0.25, 0.3) is 5.89 Å². The van der Waals surface area contributed by atoms with Crippen LogP contribution in [0.2, 0.25) is 0 Å². The fourth-order valence-electron chi connectivity index (χ4n) is 1.53. The average molecular weight is 232 g/mol. The van der Waals surface area contributed by atoms with Crippen LogP contribution in [-0.2, 0) is 13.0 Å². The molecule has 1 aromatic carbocycles. The Morgan fingerprint density at radius 3 is 2.88 bits per heavy atom. The van der Waals surface area contributed by atoms with E-state index in [0.29, 0.717) is 12.5 Å². The van der Waals surface area contributed by atoms with Crippen molar-refractivity contribution in [1.29, 1.82) is 0 Å². The van der Waals surface area contributed by atoms with E-state index in [2.05, 4.69) is 17.1 Å². The molecule has 0 spiro atoms. The second kappa shape index (κ2) is 5.48. The van der Waals surface area contributed by atoms with Gasteiger partial charge in [0, 0.05) is 6.42 Å². The molecular formula is C13H16N2O2. The van der Waals surface area contributed by atoms with Crippen molar-refractivity contribution in [2.45, 2.75) is 33.3 Å². The number of rotatable bonds is 5. The van der Waals surface area contributed by atoms with Crippen LogP contribution in [0, 0.1) is 6.92 Å². The summed E-state index contributed by atoms with van der Waals surface area (Å²) in [5.74, 6) is 2.12. The van der Waals surface area contributed by atoms with Gasteiger partial charge in [0.05, 0.1) is 0 Å². The molecule has 0 aliphatic carbocycles. The Labute approximate surface area is 101 Å². The van der Waals surface area contributed by atoms with Crippen molar-refractivity contribution in [1.82, 2.24) is 10.1 Å². The van der Waals surface area contributed by atoms with Crippen molar-refractivity contribution in [2.75, 3.05) is 0 Å². The monoisotopic (exact) mass is 232 g/mol. The Morgan fingerprint density at radius 1 is 1.29 bits per heavy atom. The molecule has 0 aliphatic heterocycles. The maximum Gasteiger partial charge on any atom is 0.264 e. The molecule has 0 aliphatic rings. The third kappa shape index (κ3) is 3.06. The molecule has 0 fully saturated rings. The zero-order valence-corrected chi connectivity index (χ0v) is 10.1. The van der Waals surface area contributed by atoms with Crippen LogP contribution in [0.3, 0.4) is 0 Å². The van der Waals surface area contributed by atoms with Gasteiger partial charge in [-0.05, 0) is 25.0 Å². The zero-order valence-electron chi connectivity index (χ0n) is 10.1. The summed E-state index contributed by atoms with van der Waals surface area (Å²) in [4.78, 5) is 4.24. The van der Waals surface area contributed by atoms with E-state index in [4.69, 9.17) is 9.26 Å². The minimum atomic E-state index is 0.321. The van der Waals surface area contributed by atoms with Crippen LogP contribution < -0.4 is 4.74 Å². The van der Waals surface area contributed by atoms with E-state index in [-0.39, 0.29) is 0 Å². The van der Waals surface area contributed by atoms with E-state index in [9.17, 15) is 0 Å². The zero-order chi connectivity index (χ0) is 12.1. The van der Waals surface area contributed by atoms with Crippen LogP contribution in [-0.4, -0.2) is 10.1 Å². The lowest BCUT2D eigenvalue weighted by molar-refractivity contribution is 0.241. The van der Waals surface area contributed by atoms with Crippen LogP contribution in [0.15, 0.2) is 28.8 Å². The standard InChI is InChI=1S/C13H16N2O2/c1-3-6-12-14-13(17-15-12)9-16-11-8-5-4-7-10(11)2/h4-5,7-8H,3,6,9H2,1-2H3. The lowest BCUT2D eigenvalue weighted by atomic mass is 10.2. The first-order valence-electron chi connectivity index (χ1n) is 5.79. The van der Waals surface area contributed by atoms with Gasteiger partial charge in [-0.3, -0.25) is 0 Å². The molecule has 0 amide bonds. The first kappa shape index (κ1) is 11.6. The van der Waals surface area contributed by atoms with Gasteiger partial charge in [-0.2, -0.15) is 4.98 Å². The fourth-order valence-corrected chi connectivity index (χ4v) is 1.53. The molecule has 17 heavy (non-hydrogen) atoms. The Kier molecular flexibility index (Phi) is 3.75. The molecule has 2 rings (SSSR count). The molecule has 0 unspecified atom stereocenters. The van der Waals surface area contributed by atoms with E-state index < -0.39 is 0 Å². The quantitative estimate of drug-likeness (QED) is 0.795. The van der Waals surface area contributed by atoms with Crippen LogP contribution in [0.1, 0.15) is 30.6 Å². The first-order valence-corrected chi connectivity index (χ1v) is 5.79. The minimum absolute atomic E-state index is 0.321. The van der Waals surface area contributed by atoms with Crippen LogP contribution in [0.4, 0.5) is 0 Å². The Bertz CT molecular complexity index is 480. The Morgan fingerprint density at radius 2 is 2.12 bits per heavy atom. The van der Waals surface area contributed by atoms with Gasteiger partial charge >= 0.3 is 0 Å². The fraction of sp³-hybridized carbons (Fsp3) is 0.385. The summed E-state index contributed by atoms with van der Waals surface area (Å²) in [6, 6.07) is 7.86. The van der Waals surface area contributed by atoms with Crippen molar-refractivity contribution < 1.29 is 9.26 Å². The average Bonchev–Trinajstić information content (AvgIpc) is 2.76. The second-order valence-corrected chi connectivity index (χ2v) is 3.91. The molecule has 1 heterocycles. The topological polar surface area (TPSA) is 48.2 Å². The lowest BCUT2D eigenvalue weighted by Crippen LogP contribution is -1.97. The van der Waals surface area contributed by atoms with E-state index in [1.807, 2.05) is 31.2 Å². The number of aromatic nitrogens is 2. The van der Waals surface area contributed by atoms with E-state index >= 15 is 0 Å². The molecule has 0 N–H and O–H groups in total. The molecule has 4 nitrogen and oxygen atoms in total. The largest absolute Gasteiger partial charge is 0.483 e. The number of nitrogens with zero attached hydrogens (tertiary/aromatic N) is 2. The predicted molar refractivity (Wildman–Crippen MR) is 63.8 cm³/mol. The number of ether oxygens (including phenoxy) is 1. The highest BCUT2D eigenvalue weighted by Gasteiger charge is 2.06. The Balaban J connectivity index is 1.95. The van der Waals surface area contributed by atoms with Crippen LogP contribution >= 0.6 is 0 Å².